The van der Waals surface area contributed by atoms with E-state index in [-0.39, 0.29) is 51.4 Å². The third-order valence-electron chi connectivity index (χ3n) is 1.73. The fourth-order valence-electron chi connectivity index (χ4n) is 0.881. The molecule has 0 aliphatic rings. The standard InChI is InChI=1S/C9H10O3.K/c1-9(12,8(10)11)7-5-3-2-4-6-7;/h2-6,12H,1H3,(H,10,11);/q;+1/p-1/t9-;/m1./s1. The molecule has 3 nitrogen and oxygen atoms in total. The van der Waals surface area contributed by atoms with Crippen LogP contribution in [0.5, 0.6) is 0 Å². The Morgan fingerprint density at radius 1 is 1.38 bits per heavy atom. The summed E-state index contributed by atoms with van der Waals surface area (Å²) in [6.07, 6.45) is 0. The van der Waals surface area contributed by atoms with E-state index < -0.39 is 11.6 Å². The second kappa shape index (κ2) is 5.24. The fraction of sp³-hybridized carbons (Fsp3) is 0.222. The molecule has 0 aliphatic carbocycles. The molecular formula is C9H9KO3. The molecule has 1 atom stereocenters. The van der Waals surface area contributed by atoms with Gasteiger partial charge in [0.1, 0.15) is 5.60 Å². The maximum atomic E-state index is 10.5. The van der Waals surface area contributed by atoms with E-state index in [1.165, 1.54) is 19.1 Å². The monoisotopic (exact) mass is 204 g/mol. The molecule has 0 bridgehead atoms. The zero-order chi connectivity index (χ0) is 9.19. The summed E-state index contributed by atoms with van der Waals surface area (Å²) < 4.78 is 0. The van der Waals surface area contributed by atoms with Crippen molar-refractivity contribution in [2.24, 2.45) is 0 Å². The molecule has 0 unspecified atom stereocenters. The summed E-state index contributed by atoms with van der Waals surface area (Å²) in [5.74, 6) is -1.49. The number of rotatable bonds is 2. The number of carbonyl (C=O) groups is 1. The number of carboxylic acids is 1. The molecule has 0 spiro atoms. The van der Waals surface area contributed by atoms with Crippen LogP contribution in [-0.2, 0) is 10.4 Å². The van der Waals surface area contributed by atoms with Gasteiger partial charge in [-0.25, -0.2) is 0 Å². The van der Waals surface area contributed by atoms with Gasteiger partial charge in [-0.3, -0.25) is 0 Å². The van der Waals surface area contributed by atoms with Crippen LogP contribution in [0, 0.1) is 0 Å². The second-order valence-corrected chi connectivity index (χ2v) is 2.73. The smallest absolute Gasteiger partial charge is 0.547 e. The van der Waals surface area contributed by atoms with Crippen molar-refractivity contribution >= 4 is 5.97 Å². The van der Waals surface area contributed by atoms with Gasteiger partial charge in [-0.1, -0.05) is 30.3 Å². The molecule has 0 aliphatic heterocycles. The molecule has 1 N–H and O–H groups in total. The van der Waals surface area contributed by atoms with E-state index in [0.717, 1.165) is 0 Å². The van der Waals surface area contributed by atoms with Gasteiger partial charge in [-0.15, -0.1) is 0 Å². The van der Waals surface area contributed by atoms with Gasteiger partial charge in [0.2, 0.25) is 0 Å². The van der Waals surface area contributed by atoms with Crippen molar-refractivity contribution in [3.8, 4) is 0 Å². The average Bonchev–Trinajstić information content (AvgIpc) is 2.06. The van der Waals surface area contributed by atoms with E-state index in [1.54, 1.807) is 18.2 Å². The van der Waals surface area contributed by atoms with Crippen LogP contribution in [0.25, 0.3) is 0 Å². The predicted molar refractivity (Wildman–Crippen MR) is 41.0 cm³/mol. The van der Waals surface area contributed by atoms with Gasteiger partial charge in [0.25, 0.3) is 0 Å². The summed E-state index contributed by atoms with van der Waals surface area (Å²) >= 11 is 0. The molecule has 1 rings (SSSR count). The van der Waals surface area contributed by atoms with Crippen LogP contribution in [0.2, 0.25) is 0 Å². The molecule has 0 aromatic heterocycles. The Kier molecular flexibility index (Phi) is 5.35. The maximum Gasteiger partial charge on any atom is 1.00 e. The largest absolute Gasteiger partial charge is 1.00 e. The van der Waals surface area contributed by atoms with Crippen molar-refractivity contribution in [1.29, 1.82) is 0 Å². The SMILES string of the molecule is C[C@](O)(C(=O)[O-])c1ccccc1.[K+]. The molecule has 4 heteroatoms. The normalized spacial score (nSPS) is 14.0. The Balaban J connectivity index is 0.00000144. The average molecular weight is 204 g/mol. The molecule has 13 heavy (non-hydrogen) atoms. The predicted octanol–water partition coefficient (Wildman–Crippen LogP) is -3.35. The van der Waals surface area contributed by atoms with Crippen LogP contribution >= 0.6 is 0 Å². The number of benzene rings is 1. The fourth-order valence-corrected chi connectivity index (χ4v) is 0.881. The van der Waals surface area contributed by atoms with Crippen LogP contribution in [0.1, 0.15) is 12.5 Å². The van der Waals surface area contributed by atoms with E-state index in [1.807, 2.05) is 0 Å². The topological polar surface area (TPSA) is 60.4 Å². The minimum absolute atomic E-state index is 0. The second-order valence-electron chi connectivity index (χ2n) is 2.73. The quantitative estimate of drug-likeness (QED) is 0.512. The summed E-state index contributed by atoms with van der Waals surface area (Å²) in [4.78, 5) is 10.5. The molecule has 0 fully saturated rings. The summed E-state index contributed by atoms with van der Waals surface area (Å²) in [6.45, 7) is 1.19. The van der Waals surface area contributed by atoms with Crippen LogP contribution in [-0.4, -0.2) is 11.1 Å². The molecule has 0 heterocycles. The van der Waals surface area contributed by atoms with E-state index in [9.17, 15) is 15.0 Å². The molecule has 1 aromatic carbocycles. The van der Waals surface area contributed by atoms with Gasteiger partial charge in [-0.2, -0.15) is 0 Å². The minimum Gasteiger partial charge on any atom is -0.547 e. The Labute approximate surface area is 119 Å². The Morgan fingerprint density at radius 2 is 1.85 bits per heavy atom. The van der Waals surface area contributed by atoms with Crippen molar-refractivity contribution in [2.45, 2.75) is 12.5 Å². The molecule has 0 amide bonds. The summed E-state index contributed by atoms with van der Waals surface area (Å²) in [7, 11) is 0. The van der Waals surface area contributed by atoms with Crippen LogP contribution in [0.3, 0.4) is 0 Å². The Bertz CT molecular complexity index is 282. The van der Waals surface area contributed by atoms with Gasteiger partial charge >= 0.3 is 51.4 Å². The van der Waals surface area contributed by atoms with Crippen molar-refractivity contribution < 1.29 is 66.4 Å². The molecule has 1 aromatic rings. The van der Waals surface area contributed by atoms with Gasteiger partial charge in [0.05, 0.1) is 5.97 Å². The first kappa shape index (κ1) is 13.3. The Hall–Kier alpha value is 0.286. The first-order chi connectivity index (χ1) is 5.55. The molecule has 0 radical (unpaired) electrons. The van der Waals surface area contributed by atoms with Crippen molar-refractivity contribution in [2.75, 3.05) is 0 Å². The molecular weight excluding hydrogens is 195 g/mol. The number of hydrogen-bond acceptors (Lipinski definition) is 3. The van der Waals surface area contributed by atoms with Crippen molar-refractivity contribution in [3.63, 3.8) is 0 Å². The summed E-state index contributed by atoms with van der Waals surface area (Å²) in [6, 6.07) is 8.14. The summed E-state index contributed by atoms with van der Waals surface area (Å²) in [5, 5.41) is 19.9. The van der Waals surface area contributed by atoms with Crippen LogP contribution in [0.15, 0.2) is 30.3 Å². The van der Waals surface area contributed by atoms with Crippen molar-refractivity contribution in [3.05, 3.63) is 35.9 Å². The number of carbonyl (C=O) groups excluding carboxylic acids is 1. The van der Waals surface area contributed by atoms with E-state index in [4.69, 9.17) is 0 Å². The van der Waals surface area contributed by atoms with Gasteiger partial charge in [0, 0.05) is 0 Å². The molecule has 64 valence electrons. The minimum atomic E-state index is -1.90. The number of hydrogen-bond donors (Lipinski definition) is 1. The first-order valence-electron chi connectivity index (χ1n) is 3.54. The Morgan fingerprint density at radius 3 is 2.23 bits per heavy atom. The van der Waals surface area contributed by atoms with Gasteiger partial charge in [-0.05, 0) is 12.5 Å². The van der Waals surface area contributed by atoms with E-state index in [2.05, 4.69) is 0 Å². The molecule has 0 saturated heterocycles. The third kappa shape index (κ3) is 3.16. The van der Waals surface area contributed by atoms with E-state index in [0.29, 0.717) is 5.56 Å². The third-order valence-corrected chi connectivity index (χ3v) is 1.73. The van der Waals surface area contributed by atoms with Gasteiger partial charge in [0.15, 0.2) is 0 Å². The van der Waals surface area contributed by atoms with Crippen LogP contribution in [0.4, 0.5) is 0 Å². The number of aliphatic hydroxyl groups is 1. The number of carboxylic acid groups (broad SMARTS) is 1. The zero-order valence-electron chi connectivity index (χ0n) is 7.65. The summed E-state index contributed by atoms with van der Waals surface area (Å²) in [5.41, 5.74) is -1.58. The van der Waals surface area contributed by atoms with Crippen LogP contribution < -0.4 is 56.5 Å². The first-order valence-corrected chi connectivity index (χ1v) is 3.54. The van der Waals surface area contributed by atoms with Gasteiger partial charge < -0.3 is 15.0 Å². The zero-order valence-corrected chi connectivity index (χ0v) is 10.8. The number of aliphatic carboxylic acids is 1. The molecule has 0 saturated carbocycles. The van der Waals surface area contributed by atoms with Crippen molar-refractivity contribution in [1.82, 2.24) is 0 Å². The maximum absolute atomic E-state index is 10.5. The van der Waals surface area contributed by atoms with E-state index >= 15 is 0 Å².